The molecular weight excluding hydrogens is 330 g/mol. The number of nitrogens with two attached hydrogens (primary N) is 1. The van der Waals surface area contributed by atoms with Crippen LogP contribution >= 0.6 is 11.6 Å². The summed E-state index contributed by atoms with van der Waals surface area (Å²) in [6.07, 6.45) is 0.875. The fraction of sp³-hybridized carbons (Fsp3) is 0.562. The number of benzene rings is 1. The minimum atomic E-state index is -1.77. The molecule has 0 fully saturated rings. The molecule has 1 rings (SSSR count). The zero-order valence-corrected chi connectivity index (χ0v) is 17.5. The summed E-state index contributed by atoms with van der Waals surface area (Å²) in [6, 6.07) is 0. The largest absolute Gasteiger partial charge is 0.397 e. The average Bonchev–Trinajstić information content (AvgIpc) is 2.37. The third kappa shape index (κ3) is 3.82. The highest BCUT2D eigenvalue weighted by atomic mass is 35.5. The van der Waals surface area contributed by atoms with E-state index in [2.05, 4.69) is 39.3 Å². The van der Waals surface area contributed by atoms with Crippen molar-refractivity contribution in [3.8, 4) is 0 Å². The summed E-state index contributed by atoms with van der Waals surface area (Å²) in [7, 11) is -3.50. The van der Waals surface area contributed by atoms with Crippen molar-refractivity contribution in [2.75, 3.05) is 12.3 Å². The molecule has 22 heavy (non-hydrogen) atoms. The van der Waals surface area contributed by atoms with Crippen molar-refractivity contribution >= 4 is 50.1 Å². The van der Waals surface area contributed by atoms with Gasteiger partial charge in [0.25, 0.3) is 0 Å². The third-order valence-electron chi connectivity index (χ3n) is 3.69. The minimum absolute atomic E-state index is 0.393. The van der Waals surface area contributed by atoms with Crippen molar-refractivity contribution in [2.45, 2.75) is 52.8 Å². The van der Waals surface area contributed by atoms with Crippen molar-refractivity contribution in [1.29, 1.82) is 0 Å². The SMILES string of the molecule is CCOCc1c(N)c(Cl)c(C=O)c([Si](C)(C)C)c1[Si](C)(C)C. The van der Waals surface area contributed by atoms with E-state index in [4.69, 9.17) is 22.1 Å². The van der Waals surface area contributed by atoms with E-state index in [1.54, 1.807) is 0 Å². The van der Waals surface area contributed by atoms with Gasteiger partial charge in [0.05, 0.1) is 33.5 Å². The maximum Gasteiger partial charge on any atom is 0.151 e. The van der Waals surface area contributed by atoms with Gasteiger partial charge in [-0.05, 0) is 12.1 Å². The lowest BCUT2D eigenvalue weighted by atomic mass is 10.1. The van der Waals surface area contributed by atoms with Crippen molar-refractivity contribution in [3.05, 3.63) is 16.1 Å². The van der Waals surface area contributed by atoms with Gasteiger partial charge in [-0.1, -0.05) is 56.1 Å². The number of rotatable bonds is 6. The Morgan fingerprint density at radius 3 is 1.95 bits per heavy atom. The van der Waals surface area contributed by atoms with Crippen LogP contribution in [0.25, 0.3) is 0 Å². The van der Waals surface area contributed by atoms with E-state index < -0.39 is 16.1 Å². The molecule has 0 aliphatic heterocycles. The number of carbonyl (C=O) groups excluding carboxylic acids is 1. The zero-order chi connectivity index (χ0) is 17.3. The molecular formula is C16H28ClNO2Si2. The molecule has 0 aliphatic carbocycles. The second kappa shape index (κ2) is 6.87. The zero-order valence-electron chi connectivity index (χ0n) is 14.8. The standard InChI is InChI=1S/C16H28ClNO2Si2/c1-8-20-10-12-14(18)13(17)11(9-19)15(21(2,3)4)16(12)22(5,6)7/h9H,8,10,18H2,1-7H3. The lowest BCUT2D eigenvalue weighted by Gasteiger charge is -2.33. The summed E-state index contributed by atoms with van der Waals surface area (Å²) in [5, 5.41) is 2.82. The van der Waals surface area contributed by atoms with Gasteiger partial charge < -0.3 is 10.5 Å². The van der Waals surface area contributed by atoms with E-state index in [0.29, 0.717) is 29.5 Å². The third-order valence-corrected chi connectivity index (χ3v) is 8.42. The number of ether oxygens (including phenoxy) is 1. The molecule has 0 aromatic heterocycles. The van der Waals surface area contributed by atoms with E-state index in [1.807, 2.05) is 6.92 Å². The first-order valence-corrected chi connectivity index (χ1v) is 15.0. The number of aldehydes is 1. The van der Waals surface area contributed by atoms with E-state index >= 15 is 0 Å². The van der Waals surface area contributed by atoms with E-state index in [0.717, 1.165) is 17.0 Å². The van der Waals surface area contributed by atoms with Crippen LogP contribution in [-0.2, 0) is 11.3 Å². The highest BCUT2D eigenvalue weighted by molar-refractivity contribution is 6.99. The lowest BCUT2D eigenvalue weighted by Crippen LogP contribution is -2.59. The molecule has 0 saturated heterocycles. The lowest BCUT2D eigenvalue weighted by molar-refractivity contribution is 0.112. The monoisotopic (exact) mass is 357 g/mol. The highest BCUT2D eigenvalue weighted by Crippen LogP contribution is 2.28. The quantitative estimate of drug-likeness (QED) is 0.482. The van der Waals surface area contributed by atoms with Crippen molar-refractivity contribution in [2.24, 2.45) is 0 Å². The molecule has 0 spiro atoms. The predicted octanol–water partition coefficient (Wildman–Crippen LogP) is 3.36. The summed E-state index contributed by atoms with van der Waals surface area (Å²) in [4.78, 5) is 11.7. The number of carbonyl (C=O) groups is 1. The van der Waals surface area contributed by atoms with Crippen LogP contribution in [0.15, 0.2) is 0 Å². The number of hydrogen-bond acceptors (Lipinski definition) is 3. The Balaban J connectivity index is 3.93. The molecule has 124 valence electrons. The summed E-state index contributed by atoms with van der Waals surface area (Å²) in [5.41, 5.74) is 8.38. The van der Waals surface area contributed by atoms with Gasteiger partial charge in [-0.3, -0.25) is 4.79 Å². The second-order valence-electron chi connectivity index (χ2n) is 7.62. The maximum atomic E-state index is 11.7. The first-order valence-electron chi connectivity index (χ1n) is 7.64. The van der Waals surface area contributed by atoms with Crippen LogP contribution in [0, 0.1) is 0 Å². The van der Waals surface area contributed by atoms with Gasteiger partial charge in [0.15, 0.2) is 6.29 Å². The van der Waals surface area contributed by atoms with Gasteiger partial charge in [-0.15, -0.1) is 0 Å². The summed E-state index contributed by atoms with van der Waals surface area (Å²) in [5.74, 6) is 0. The van der Waals surface area contributed by atoms with Crippen LogP contribution in [-0.4, -0.2) is 29.0 Å². The molecule has 0 amide bonds. The first-order chi connectivity index (χ1) is 9.96. The fourth-order valence-electron chi connectivity index (χ4n) is 2.88. The number of anilines is 1. The molecule has 0 saturated carbocycles. The normalized spacial score (nSPS) is 12.5. The molecule has 1 aromatic carbocycles. The minimum Gasteiger partial charge on any atom is -0.397 e. The van der Waals surface area contributed by atoms with Gasteiger partial charge in [0.1, 0.15) is 0 Å². The van der Waals surface area contributed by atoms with E-state index in [1.165, 1.54) is 5.19 Å². The topological polar surface area (TPSA) is 52.3 Å². The van der Waals surface area contributed by atoms with Crippen LogP contribution < -0.4 is 16.1 Å². The first kappa shape index (κ1) is 19.4. The number of nitrogen functional groups attached to an aromatic ring is 1. The second-order valence-corrected chi connectivity index (χ2v) is 18.0. The number of hydrogen-bond donors (Lipinski definition) is 1. The molecule has 0 heterocycles. The fourth-order valence-corrected chi connectivity index (χ4v) is 9.35. The Kier molecular flexibility index (Phi) is 6.06. The Labute approximate surface area is 141 Å². The molecule has 0 radical (unpaired) electrons. The summed E-state index contributed by atoms with van der Waals surface area (Å²) < 4.78 is 5.64. The van der Waals surface area contributed by atoms with Crippen molar-refractivity contribution in [1.82, 2.24) is 0 Å². The van der Waals surface area contributed by atoms with Crippen LogP contribution in [0.5, 0.6) is 0 Å². The Morgan fingerprint density at radius 2 is 1.59 bits per heavy atom. The molecule has 1 aromatic rings. The van der Waals surface area contributed by atoms with Gasteiger partial charge in [0.2, 0.25) is 0 Å². The van der Waals surface area contributed by atoms with Crippen LogP contribution in [0.4, 0.5) is 5.69 Å². The van der Waals surface area contributed by atoms with Gasteiger partial charge in [0, 0.05) is 17.7 Å². The molecule has 2 N–H and O–H groups in total. The maximum absolute atomic E-state index is 11.7. The van der Waals surface area contributed by atoms with Crippen LogP contribution in [0.3, 0.4) is 0 Å². The van der Waals surface area contributed by atoms with Gasteiger partial charge in [-0.2, -0.15) is 0 Å². The smallest absolute Gasteiger partial charge is 0.151 e. The Hall–Kier alpha value is -0.626. The van der Waals surface area contributed by atoms with E-state index in [-0.39, 0.29) is 0 Å². The Bertz CT molecular complexity index is 575. The number of halogens is 1. The van der Waals surface area contributed by atoms with Crippen LogP contribution in [0.2, 0.25) is 44.3 Å². The van der Waals surface area contributed by atoms with Gasteiger partial charge in [-0.25, -0.2) is 0 Å². The summed E-state index contributed by atoms with van der Waals surface area (Å²) in [6.45, 7) is 16.6. The molecule has 3 nitrogen and oxygen atoms in total. The molecule has 0 bridgehead atoms. The molecule has 0 unspecified atom stereocenters. The van der Waals surface area contributed by atoms with Crippen LogP contribution in [0.1, 0.15) is 22.8 Å². The van der Waals surface area contributed by atoms with Gasteiger partial charge >= 0.3 is 0 Å². The van der Waals surface area contributed by atoms with E-state index in [9.17, 15) is 4.79 Å². The highest BCUT2D eigenvalue weighted by Gasteiger charge is 2.35. The molecule has 0 aliphatic rings. The van der Waals surface area contributed by atoms with Crippen molar-refractivity contribution < 1.29 is 9.53 Å². The Morgan fingerprint density at radius 1 is 1.09 bits per heavy atom. The predicted molar refractivity (Wildman–Crippen MR) is 103 cm³/mol. The molecule has 6 heteroatoms. The van der Waals surface area contributed by atoms with Crippen molar-refractivity contribution in [3.63, 3.8) is 0 Å². The summed E-state index contributed by atoms with van der Waals surface area (Å²) >= 11 is 6.44. The molecule has 0 atom stereocenters. The average molecular weight is 358 g/mol.